The normalized spacial score (nSPS) is 13.9. The monoisotopic (exact) mass is 480 g/mol. The van der Waals surface area contributed by atoms with Crippen molar-refractivity contribution in [1.82, 2.24) is 0 Å². The van der Waals surface area contributed by atoms with Gasteiger partial charge in [0.15, 0.2) is 0 Å². The highest BCUT2D eigenvalue weighted by molar-refractivity contribution is 7.13. The fourth-order valence-corrected chi connectivity index (χ4v) is 8.51. The fourth-order valence-electron chi connectivity index (χ4n) is 6.16. The number of rotatable bonds is 2. The number of fused-ring (bicyclic) bond motifs is 10. The molecule has 2 aliphatic rings. The summed E-state index contributed by atoms with van der Waals surface area (Å²) >= 11 is 3.81. The molecule has 0 aliphatic heterocycles. The summed E-state index contributed by atoms with van der Waals surface area (Å²) in [5, 5.41) is 4.54. The summed E-state index contributed by atoms with van der Waals surface area (Å²) in [5.41, 5.74) is 13.2. The van der Waals surface area contributed by atoms with Crippen molar-refractivity contribution in [3.63, 3.8) is 0 Å². The lowest BCUT2D eigenvalue weighted by atomic mass is 9.76. The Kier molecular flexibility index (Phi) is 4.00. The van der Waals surface area contributed by atoms with Gasteiger partial charge in [0.1, 0.15) is 0 Å². The lowest BCUT2D eigenvalue weighted by molar-refractivity contribution is 0.831. The molecule has 0 N–H and O–H groups in total. The van der Waals surface area contributed by atoms with Crippen LogP contribution in [0.5, 0.6) is 0 Å². The second-order valence-corrected chi connectivity index (χ2v) is 11.2. The van der Waals surface area contributed by atoms with Crippen molar-refractivity contribution in [3.8, 4) is 44.5 Å². The predicted molar refractivity (Wildman–Crippen MR) is 149 cm³/mol. The molecule has 0 saturated heterocycles. The summed E-state index contributed by atoms with van der Waals surface area (Å²) in [7, 11) is 0. The Hall–Kier alpha value is -3.72. The Morgan fingerprint density at radius 1 is 0.400 bits per heavy atom. The Morgan fingerprint density at radius 3 is 1.31 bits per heavy atom. The van der Waals surface area contributed by atoms with Crippen LogP contribution in [0, 0.1) is 0 Å². The maximum absolute atomic E-state index is 2.46. The van der Waals surface area contributed by atoms with Crippen LogP contribution in [-0.2, 0) is 5.41 Å². The van der Waals surface area contributed by atoms with Gasteiger partial charge in [0.2, 0.25) is 0 Å². The van der Waals surface area contributed by atoms with Crippen LogP contribution in [0.15, 0.2) is 120 Å². The molecule has 8 rings (SSSR count). The van der Waals surface area contributed by atoms with E-state index in [2.05, 4.69) is 120 Å². The molecule has 0 amide bonds. The van der Waals surface area contributed by atoms with E-state index < -0.39 is 0 Å². The van der Waals surface area contributed by atoms with Crippen molar-refractivity contribution in [2.45, 2.75) is 5.41 Å². The van der Waals surface area contributed by atoms with Crippen molar-refractivity contribution >= 4 is 22.7 Å². The van der Waals surface area contributed by atoms with Crippen LogP contribution in [0.4, 0.5) is 0 Å². The van der Waals surface area contributed by atoms with Crippen LogP contribution >= 0.6 is 22.7 Å². The van der Waals surface area contributed by atoms with Gasteiger partial charge in [0.25, 0.3) is 0 Å². The Morgan fingerprint density at radius 2 is 0.857 bits per heavy atom. The van der Waals surface area contributed by atoms with Gasteiger partial charge in [-0.25, -0.2) is 0 Å². The third kappa shape index (κ3) is 2.51. The number of hydrogen-bond acceptors (Lipinski definition) is 2. The number of hydrogen-bond donors (Lipinski definition) is 0. The van der Waals surface area contributed by atoms with Gasteiger partial charge in [0.05, 0.1) is 5.41 Å². The summed E-state index contributed by atoms with van der Waals surface area (Å²) in [5.74, 6) is 0. The van der Waals surface area contributed by atoms with E-state index in [1.807, 2.05) is 22.7 Å². The Labute approximate surface area is 212 Å². The molecule has 35 heavy (non-hydrogen) atoms. The van der Waals surface area contributed by atoms with E-state index in [-0.39, 0.29) is 5.41 Å². The van der Waals surface area contributed by atoms with Crippen LogP contribution < -0.4 is 0 Å². The molecule has 2 heterocycles. The average molecular weight is 481 g/mol. The van der Waals surface area contributed by atoms with Crippen LogP contribution in [0.3, 0.4) is 0 Å². The Bertz CT molecular complexity index is 1600. The summed E-state index contributed by atoms with van der Waals surface area (Å²) < 4.78 is 0. The van der Waals surface area contributed by atoms with Crippen molar-refractivity contribution < 1.29 is 0 Å². The van der Waals surface area contributed by atoms with Crippen molar-refractivity contribution in [2.24, 2.45) is 0 Å². The maximum atomic E-state index is 2.46. The third-order valence-corrected chi connectivity index (χ3v) is 9.72. The van der Waals surface area contributed by atoms with Gasteiger partial charge >= 0.3 is 0 Å². The molecular weight excluding hydrogens is 460 g/mol. The summed E-state index contributed by atoms with van der Waals surface area (Å²) in [4.78, 5) is 2.93. The first-order chi connectivity index (χ1) is 17.4. The third-order valence-electron chi connectivity index (χ3n) is 7.65. The van der Waals surface area contributed by atoms with Crippen molar-refractivity contribution in [3.05, 3.63) is 141 Å². The molecule has 0 atom stereocenters. The first-order valence-electron chi connectivity index (χ1n) is 11.9. The number of benzene rings is 4. The minimum atomic E-state index is -0.243. The molecule has 0 radical (unpaired) electrons. The second kappa shape index (κ2) is 7.14. The van der Waals surface area contributed by atoms with E-state index in [0.29, 0.717) is 0 Å². The zero-order chi connectivity index (χ0) is 23.0. The van der Waals surface area contributed by atoms with Gasteiger partial charge < -0.3 is 0 Å². The standard InChI is InChI=1S/C33H20S2/c1-3-7-21(8-4-1)23-11-13-25-26-14-12-24(22-9-5-2-6-10-22)20-30(26)33(29(25)19-23)31-27(15-17-34-31)28-16-18-35-32(28)33/h1-20H. The predicted octanol–water partition coefficient (Wildman–Crippen LogP) is 9.49. The molecule has 0 unspecified atom stereocenters. The minimum absolute atomic E-state index is 0.243. The first-order valence-corrected chi connectivity index (χ1v) is 13.7. The molecule has 1 spiro atoms. The second-order valence-electron chi connectivity index (χ2n) is 9.33. The van der Waals surface area contributed by atoms with Crippen LogP contribution in [0.1, 0.15) is 20.9 Å². The zero-order valence-corrected chi connectivity index (χ0v) is 20.5. The van der Waals surface area contributed by atoms with Gasteiger partial charge in [-0.1, -0.05) is 84.9 Å². The smallest absolute Gasteiger partial charge is 0.0912 e. The molecule has 0 saturated carbocycles. The van der Waals surface area contributed by atoms with E-state index in [1.165, 1.54) is 65.4 Å². The van der Waals surface area contributed by atoms with Gasteiger partial charge in [-0.2, -0.15) is 0 Å². The lowest BCUT2D eigenvalue weighted by Crippen LogP contribution is -2.24. The van der Waals surface area contributed by atoms with Crippen LogP contribution in [0.2, 0.25) is 0 Å². The largest absolute Gasteiger partial charge is 0.147 e. The highest BCUT2D eigenvalue weighted by Crippen LogP contribution is 2.66. The van der Waals surface area contributed by atoms with E-state index in [0.717, 1.165) is 0 Å². The molecule has 164 valence electrons. The van der Waals surface area contributed by atoms with E-state index in [4.69, 9.17) is 0 Å². The minimum Gasteiger partial charge on any atom is -0.147 e. The topological polar surface area (TPSA) is 0 Å². The SMILES string of the molecule is c1ccc(-c2ccc3c(c2)C2(c4cc(-c5ccccc5)ccc4-3)c3sccc3-c3ccsc32)cc1. The van der Waals surface area contributed by atoms with Gasteiger partial charge in [-0.05, 0) is 90.7 Å². The molecule has 0 fully saturated rings. The van der Waals surface area contributed by atoms with Gasteiger partial charge in [-0.15, -0.1) is 22.7 Å². The van der Waals surface area contributed by atoms with E-state index in [1.54, 1.807) is 0 Å². The average Bonchev–Trinajstić information content (AvgIpc) is 3.68. The molecule has 2 aliphatic carbocycles. The fraction of sp³-hybridized carbons (Fsp3) is 0.0303. The van der Waals surface area contributed by atoms with Gasteiger partial charge in [0, 0.05) is 9.75 Å². The summed E-state index contributed by atoms with van der Waals surface area (Å²) in [6, 6.07) is 40.4. The first kappa shape index (κ1) is 19.6. The lowest BCUT2D eigenvalue weighted by Gasteiger charge is -2.28. The summed E-state index contributed by atoms with van der Waals surface area (Å²) in [6.07, 6.45) is 0. The van der Waals surface area contributed by atoms with Crippen LogP contribution in [0.25, 0.3) is 44.5 Å². The highest BCUT2D eigenvalue weighted by Gasteiger charge is 2.53. The molecule has 0 bridgehead atoms. The van der Waals surface area contributed by atoms with Crippen molar-refractivity contribution in [1.29, 1.82) is 0 Å². The quantitative estimate of drug-likeness (QED) is 0.231. The molecule has 6 aromatic rings. The van der Waals surface area contributed by atoms with E-state index in [9.17, 15) is 0 Å². The molecule has 4 aromatic carbocycles. The molecule has 0 nitrogen and oxygen atoms in total. The highest BCUT2D eigenvalue weighted by atomic mass is 32.1. The zero-order valence-electron chi connectivity index (χ0n) is 18.9. The van der Waals surface area contributed by atoms with Crippen LogP contribution in [-0.4, -0.2) is 0 Å². The van der Waals surface area contributed by atoms with Crippen molar-refractivity contribution in [2.75, 3.05) is 0 Å². The summed E-state index contributed by atoms with van der Waals surface area (Å²) in [6.45, 7) is 0. The maximum Gasteiger partial charge on any atom is 0.0912 e. The molecule has 2 heteroatoms. The van der Waals surface area contributed by atoms with E-state index >= 15 is 0 Å². The van der Waals surface area contributed by atoms with Gasteiger partial charge in [-0.3, -0.25) is 0 Å². The molecule has 2 aromatic heterocycles. The Balaban J connectivity index is 1.48. The number of thiophene rings is 2. The molecular formula is C33H20S2.